The average Bonchev–Trinajstić information content (AvgIpc) is 2.53. The summed E-state index contributed by atoms with van der Waals surface area (Å²) in [6.07, 6.45) is 0. The highest BCUT2D eigenvalue weighted by Gasteiger charge is 2.18. The molecule has 0 fully saturated rings. The van der Waals surface area contributed by atoms with Gasteiger partial charge in [0.25, 0.3) is 5.97 Å². The number of halogens is 2. The summed E-state index contributed by atoms with van der Waals surface area (Å²) in [5.41, 5.74) is 2.36. The zero-order valence-corrected chi connectivity index (χ0v) is 16.2. The lowest BCUT2D eigenvalue weighted by molar-refractivity contribution is -0.134. The summed E-state index contributed by atoms with van der Waals surface area (Å²) in [6, 6.07) is 12.1. The maximum Gasteiger partial charge on any atom is 0.300 e. The first-order valence-electron chi connectivity index (χ1n) is 7.53. The van der Waals surface area contributed by atoms with Crippen LogP contribution in [0.5, 0.6) is 5.75 Å². The van der Waals surface area contributed by atoms with Crippen LogP contribution < -0.4 is 4.90 Å². The van der Waals surface area contributed by atoms with Gasteiger partial charge in [0.15, 0.2) is 0 Å². The predicted molar refractivity (Wildman–Crippen MR) is 108 cm³/mol. The normalized spacial score (nSPS) is 10.6. The van der Waals surface area contributed by atoms with E-state index in [0.29, 0.717) is 15.9 Å². The van der Waals surface area contributed by atoms with Crippen molar-refractivity contribution in [2.45, 2.75) is 13.8 Å². The van der Waals surface area contributed by atoms with Crippen molar-refractivity contribution in [3.63, 3.8) is 0 Å². The Labute approximate surface area is 162 Å². The van der Waals surface area contributed by atoms with E-state index in [2.05, 4.69) is 11.6 Å². The van der Waals surface area contributed by atoms with Crippen molar-refractivity contribution >= 4 is 40.7 Å². The number of hydrogen-bond acceptors (Lipinski definition) is 3. The van der Waals surface area contributed by atoms with Gasteiger partial charge in [-0.1, -0.05) is 29.8 Å². The second-order valence-electron chi connectivity index (χ2n) is 5.28. The number of phenols is 1. The average molecular weight is 395 g/mol. The largest absolute Gasteiger partial charge is 0.508 e. The van der Waals surface area contributed by atoms with E-state index in [0.717, 1.165) is 23.9 Å². The van der Waals surface area contributed by atoms with E-state index >= 15 is 0 Å². The Morgan fingerprint density at radius 3 is 2.08 bits per heavy atom. The molecule has 0 radical (unpaired) electrons. The number of anilines is 1. The Morgan fingerprint density at radius 1 is 1.12 bits per heavy atom. The number of aliphatic carboxylic acids is 1. The quantitative estimate of drug-likeness (QED) is 0.553. The number of nitrogens with zero attached hydrogens (tertiary/aromatic N) is 2. The van der Waals surface area contributed by atoms with Gasteiger partial charge in [-0.25, -0.2) is 0 Å². The lowest BCUT2D eigenvalue weighted by atomic mass is 10.1. The number of benzene rings is 2. The number of hydrogen-bond donors (Lipinski definition) is 2. The lowest BCUT2D eigenvalue weighted by Gasteiger charge is -2.27. The van der Waals surface area contributed by atoms with E-state index in [1.54, 1.807) is 43.4 Å². The molecule has 5 nitrogen and oxygen atoms in total. The molecule has 0 spiro atoms. The second-order valence-corrected chi connectivity index (χ2v) is 6.12. The minimum Gasteiger partial charge on any atom is -0.508 e. The van der Waals surface area contributed by atoms with Crippen LogP contribution >= 0.6 is 23.2 Å². The zero-order valence-electron chi connectivity index (χ0n) is 14.7. The molecule has 2 N–H and O–H groups in total. The van der Waals surface area contributed by atoms with Gasteiger partial charge in [-0.3, -0.25) is 14.7 Å². The standard InChI is InChI=1S/C17H16Cl2N2O.C2H4O2/c1-11(2)21(13-5-7-14(22)8-6-13)17(20-3)15-9-4-12(18)10-16(15)19;1-2(3)4/h4-10,22H,1H2,2-3H3;1H3,(H,3,4). The van der Waals surface area contributed by atoms with Gasteiger partial charge >= 0.3 is 0 Å². The first kappa shape index (κ1) is 21.5. The van der Waals surface area contributed by atoms with Crippen molar-refractivity contribution in [3.05, 3.63) is 70.3 Å². The molecule has 0 atom stereocenters. The SMILES string of the molecule is C=C(C)N(C(=NC)c1ccc(Cl)cc1Cl)c1ccc(O)cc1.CC(=O)O. The number of carboxylic acids is 1. The van der Waals surface area contributed by atoms with Crippen LogP contribution in [-0.4, -0.2) is 29.1 Å². The summed E-state index contributed by atoms with van der Waals surface area (Å²) in [4.78, 5) is 15.2. The summed E-state index contributed by atoms with van der Waals surface area (Å²) in [7, 11) is 1.69. The zero-order chi connectivity index (χ0) is 19.9. The maximum atomic E-state index is 9.46. The van der Waals surface area contributed by atoms with Crippen molar-refractivity contribution in [2.24, 2.45) is 4.99 Å². The molecular formula is C19H20Cl2N2O3. The molecule has 0 aromatic heterocycles. The Kier molecular flexibility index (Phi) is 8.16. The molecule has 0 aliphatic heterocycles. The van der Waals surface area contributed by atoms with Crippen LogP contribution in [-0.2, 0) is 4.79 Å². The molecule has 0 saturated carbocycles. The summed E-state index contributed by atoms with van der Waals surface area (Å²) < 4.78 is 0. The lowest BCUT2D eigenvalue weighted by Crippen LogP contribution is -2.29. The Bertz CT molecular complexity index is 814. The number of phenolic OH excluding ortho intramolecular Hbond substituents is 1. The van der Waals surface area contributed by atoms with Crippen LogP contribution in [0.2, 0.25) is 10.0 Å². The van der Waals surface area contributed by atoms with Crippen molar-refractivity contribution < 1.29 is 15.0 Å². The molecule has 0 saturated heterocycles. The third kappa shape index (κ3) is 6.10. The Balaban J connectivity index is 0.000000765. The van der Waals surface area contributed by atoms with E-state index < -0.39 is 5.97 Å². The summed E-state index contributed by atoms with van der Waals surface area (Å²) in [5, 5.41) is 18.0. The van der Waals surface area contributed by atoms with Crippen molar-refractivity contribution in [3.8, 4) is 5.75 Å². The van der Waals surface area contributed by atoms with Crippen molar-refractivity contribution in [1.29, 1.82) is 0 Å². The monoisotopic (exact) mass is 394 g/mol. The molecule has 0 aliphatic rings. The fraction of sp³-hybridized carbons (Fsp3) is 0.158. The number of carboxylic acid groups (broad SMARTS) is 1. The first-order chi connectivity index (χ1) is 12.2. The fourth-order valence-electron chi connectivity index (χ4n) is 2.14. The molecule has 2 aromatic carbocycles. The highest BCUT2D eigenvalue weighted by molar-refractivity contribution is 6.37. The number of carbonyl (C=O) groups is 1. The van der Waals surface area contributed by atoms with Crippen LogP contribution in [0, 0.1) is 0 Å². The molecule has 0 bridgehead atoms. The van der Waals surface area contributed by atoms with Gasteiger partial charge in [-0.2, -0.15) is 0 Å². The van der Waals surface area contributed by atoms with Gasteiger partial charge in [0.1, 0.15) is 11.6 Å². The summed E-state index contributed by atoms with van der Waals surface area (Å²) >= 11 is 12.3. The van der Waals surface area contributed by atoms with Crippen molar-refractivity contribution in [2.75, 3.05) is 11.9 Å². The smallest absolute Gasteiger partial charge is 0.300 e. The van der Waals surface area contributed by atoms with Gasteiger partial charge in [0, 0.05) is 35.9 Å². The number of amidine groups is 1. The molecule has 26 heavy (non-hydrogen) atoms. The van der Waals surface area contributed by atoms with E-state index in [-0.39, 0.29) is 5.75 Å². The number of aliphatic imine (C=N–C) groups is 1. The molecule has 0 aliphatic carbocycles. The van der Waals surface area contributed by atoms with Crippen LogP contribution in [0.3, 0.4) is 0 Å². The summed E-state index contributed by atoms with van der Waals surface area (Å²) in [6.45, 7) is 6.97. The molecule has 0 heterocycles. The van der Waals surface area contributed by atoms with Gasteiger partial charge in [-0.15, -0.1) is 0 Å². The molecule has 2 aromatic rings. The fourth-order valence-corrected chi connectivity index (χ4v) is 2.63. The second kappa shape index (κ2) is 9.85. The topological polar surface area (TPSA) is 73.1 Å². The predicted octanol–water partition coefficient (Wildman–Crippen LogP) is 5.21. The molecule has 2 rings (SSSR count). The molecular weight excluding hydrogens is 375 g/mol. The third-order valence-corrected chi connectivity index (χ3v) is 3.63. The van der Waals surface area contributed by atoms with E-state index in [1.807, 2.05) is 17.9 Å². The first-order valence-corrected chi connectivity index (χ1v) is 8.29. The maximum absolute atomic E-state index is 9.46. The Hall–Kier alpha value is -2.50. The number of rotatable bonds is 3. The van der Waals surface area contributed by atoms with Crippen molar-refractivity contribution in [1.82, 2.24) is 0 Å². The number of aromatic hydroxyl groups is 1. The van der Waals surface area contributed by atoms with Crippen LogP contribution in [0.4, 0.5) is 5.69 Å². The molecule has 7 heteroatoms. The van der Waals surface area contributed by atoms with Crippen LogP contribution in [0.1, 0.15) is 19.4 Å². The highest BCUT2D eigenvalue weighted by atomic mass is 35.5. The van der Waals surface area contributed by atoms with Gasteiger partial charge in [0.05, 0.1) is 5.02 Å². The van der Waals surface area contributed by atoms with Gasteiger partial charge < -0.3 is 10.2 Å². The molecule has 0 unspecified atom stereocenters. The Morgan fingerprint density at radius 2 is 1.65 bits per heavy atom. The van der Waals surface area contributed by atoms with E-state index in [4.69, 9.17) is 33.1 Å². The van der Waals surface area contributed by atoms with E-state index in [9.17, 15) is 5.11 Å². The third-order valence-electron chi connectivity index (χ3n) is 3.09. The minimum atomic E-state index is -0.833. The van der Waals surface area contributed by atoms with Gasteiger partial charge in [0.2, 0.25) is 0 Å². The minimum absolute atomic E-state index is 0.199. The molecule has 138 valence electrons. The number of allylic oxidation sites excluding steroid dienone is 1. The highest BCUT2D eigenvalue weighted by Crippen LogP contribution is 2.28. The van der Waals surface area contributed by atoms with Crippen LogP contribution in [0.25, 0.3) is 0 Å². The summed E-state index contributed by atoms with van der Waals surface area (Å²) in [5.74, 6) is 0.0183. The molecule has 0 amide bonds. The van der Waals surface area contributed by atoms with E-state index in [1.165, 1.54) is 0 Å². The van der Waals surface area contributed by atoms with Gasteiger partial charge in [-0.05, 0) is 49.4 Å². The van der Waals surface area contributed by atoms with Crippen LogP contribution in [0.15, 0.2) is 59.7 Å².